The zero-order valence-corrected chi connectivity index (χ0v) is 16.2. The molecule has 1 aromatic heterocycles. The lowest BCUT2D eigenvalue weighted by atomic mass is 10.1. The molecule has 0 radical (unpaired) electrons. The van der Waals surface area contributed by atoms with E-state index in [4.69, 9.17) is 16.3 Å². The average Bonchev–Trinajstić information content (AvgIpc) is 2.68. The van der Waals surface area contributed by atoms with Crippen molar-refractivity contribution in [2.24, 2.45) is 0 Å². The van der Waals surface area contributed by atoms with Crippen LogP contribution in [0.1, 0.15) is 12.5 Å². The molecule has 2 aliphatic rings. The topological polar surface area (TPSA) is 61.8 Å². The highest BCUT2D eigenvalue weighted by Gasteiger charge is 2.34. The van der Waals surface area contributed by atoms with Crippen LogP contribution in [0.25, 0.3) is 0 Å². The molecule has 0 aliphatic carbocycles. The summed E-state index contributed by atoms with van der Waals surface area (Å²) in [6.45, 7) is 7.09. The number of halogens is 1. The van der Waals surface area contributed by atoms with Gasteiger partial charge in [-0.3, -0.25) is 4.90 Å². The van der Waals surface area contributed by atoms with Crippen LogP contribution in [0, 0.1) is 6.92 Å². The van der Waals surface area contributed by atoms with Gasteiger partial charge < -0.3 is 14.5 Å². The van der Waals surface area contributed by atoms with Crippen molar-refractivity contribution < 1.29 is 9.53 Å². The van der Waals surface area contributed by atoms with E-state index in [2.05, 4.69) is 14.9 Å². The number of aromatic nitrogens is 2. The number of ether oxygens (including phenoxy) is 1. The van der Waals surface area contributed by atoms with Crippen LogP contribution in [-0.4, -0.2) is 59.7 Å². The van der Waals surface area contributed by atoms with Crippen molar-refractivity contribution in [1.82, 2.24) is 14.9 Å². The van der Waals surface area contributed by atoms with E-state index in [0.29, 0.717) is 49.5 Å². The Morgan fingerprint density at radius 3 is 2.59 bits per heavy atom. The molecule has 2 amide bonds. The lowest BCUT2D eigenvalue weighted by Crippen LogP contribution is -2.56. The van der Waals surface area contributed by atoms with Gasteiger partial charge in [0.15, 0.2) is 0 Å². The maximum Gasteiger partial charge on any atom is 0.325 e. The molecule has 142 valence electrons. The molecule has 1 saturated heterocycles. The van der Waals surface area contributed by atoms with Crippen LogP contribution in [0.4, 0.5) is 16.4 Å². The number of carbonyl (C=O) groups excluding carboxylic acids is 1. The van der Waals surface area contributed by atoms with E-state index in [1.54, 1.807) is 12.1 Å². The number of urea groups is 1. The number of fused-ring (bicyclic) bond motifs is 1. The molecule has 0 spiro atoms. The predicted octanol–water partition coefficient (Wildman–Crippen LogP) is 2.97. The molecule has 2 aliphatic heterocycles. The lowest BCUT2D eigenvalue weighted by Gasteiger charge is -2.41. The number of anilines is 2. The molecule has 2 aromatic rings. The number of piperazine rings is 1. The summed E-state index contributed by atoms with van der Waals surface area (Å²) in [5.41, 5.74) is 1.81. The SMILES string of the molecule is Cc1cnc(N2CCN(C(=O)N3c4ccc(Cl)cc4OCC3C)CC2)nc1. The Hall–Kier alpha value is -2.54. The van der Waals surface area contributed by atoms with E-state index in [-0.39, 0.29) is 12.1 Å². The van der Waals surface area contributed by atoms with Crippen LogP contribution in [-0.2, 0) is 0 Å². The van der Waals surface area contributed by atoms with Gasteiger partial charge in [0.05, 0.1) is 11.7 Å². The van der Waals surface area contributed by atoms with E-state index in [1.807, 2.05) is 42.1 Å². The summed E-state index contributed by atoms with van der Waals surface area (Å²) in [6, 6.07) is 5.36. The number of carbonyl (C=O) groups is 1. The second-order valence-electron chi connectivity index (χ2n) is 6.96. The van der Waals surface area contributed by atoms with Crippen molar-refractivity contribution in [3.63, 3.8) is 0 Å². The number of benzene rings is 1. The van der Waals surface area contributed by atoms with Crippen LogP contribution in [0.5, 0.6) is 5.75 Å². The fourth-order valence-corrected chi connectivity index (χ4v) is 3.58. The summed E-state index contributed by atoms with van der Waals surface area (Å²) >= 11 is 6.06. The quantitative estimate of drug-likeness (QED) is 0.752. The van der Waals surface area contributed by atoms with Crippen molar-refractivity contribution in [2.75, 3.05) is 42.6 Å². The Balaban J connectivity index is 1.47. The van der Waals surface area contributed by atoms with Crippen LogP contribution in [0.3, 0.4) is 0 Å². The van der Waals surface area contributed by atoms with E-state index in [0.717, 1.165) is 11.3 Å². The Labute approximate surface area is 163 Å². The fraction of sp³-hybridized carbons (Fsp3) is 0.421. The predicted molar refractivity (Wildman–Crippen MR) is 105 cm³/mol. The highest BCUT2D eigenvalue weighted by molar-refractivity contribution is 6.30. The molecule has 1 unspecified atom stereocenters. The smallest absolute Gasteiger partial charge is 0.325 e. The third-order valence-corrected chi connectivity index (χ3v) is 5.14. The summed E-state index contributed by atoms with van der Waals surface area (Å²) in [6.07, 6.45) is 3.63. The van der Waals surface area contributed by atoms with E-state index in [9.17, 15) is 4.79 Å². The first-order valence-electron chi connectivity index (χ1n) is 9.07. The first-order valence-corrected chi connectivity index (χ1v) is 9.45. The minimum Gasteiger partial charge on any atom is -0.489 e. The molecule has 3 heterocycles. The molecule has 1 aromatic carbocycles. The van der Waals surface area contributed by atoms with Gasteiger partial charge in [-0.2, -0.15) is 0 Å². The van der Waals surface area contributed by atoms with E-state index in [1.165, 1.54) is 0 Å². The van der Waals surface area contributed by atoms with Crippen LogP contribution in [0.2, 0.25) is 5.02 Å². The first-order chi connectivity index (χ1) is 13.0. The van der Waals surface area contributed by atoms with Gasteiger partial charge in [-0.15, -0.1) is 0 Å². The summed E-state index contributed by atoms with van der Waals surface area (Å²) in [4.78, 5) is 27.8. The third kappa shape index (κ3) is 3.51. The molecular formula is C19H22ClN5O2. The minimum absolute atomic E-state index is 0.00107. The number of hydrogen-bond acceptors (Lipinski definition) is 5. The molecule has 0 N–H and O–H groups in total. The molecule has 7 nitrogen and oxygen atoms in total. The van der Waals surface area contributed by atoms with Crippen molar-refractivity contribution in [3.8, 4) is 5.75 Å². The Morgan fingerprint density at radius 2 is 1.89 bits per heavy atom. The van der Waals surface area contributed by atoms with Crippen LogP contribution < -0.4 is 14.5 Å². The van der Waals surface area contributed by atoms with Gasteiger partial charge in [0.25, 0.3) is 0 Å². The van der Waals surface area contributed by atoms with Crippen molar-refractivity contribution >= 4 is 29.3 Å². The summed E-state index contributed by atoms with van der Waals surface area (Å²) < 4.78 is 5.75. The highest BCUT2D eigenvalue weighted by Crippen LogP contribution is 2.36. The van der Waals surface area contributed by atoms with Crippen molar-refractivity contribution in [1.29, 1.82) is 0 Å². The van der Waals surface area contributed by atoms with Gasteiger partial charge in [-0.05, 0) is 31.5 Å². The highest BCUT2D eigenvalue weighted by atomic mass is 35.5. The van der Waals surface area contributed by atoms with Crippen molar-refractivity contribution in [2.45, 2.75) is 19.9 Å². The normalized spacial score (nSPS) is 19.5. The summed E-state index contributed by atoms with van der Waals surface area (Å²) in [5.74, 6) is 1.37. The largest absolute Gasteiger partial charge is 0.489 e. The number of nitrogens with zero attached hydrogens (tertiary/aromatic N) is 5. The molecule has 4 rings (SSSR count). The zero-order chi connectivity index (χ0) is 19.0. The zero-order valence-electron chi connectivity index (χ0n) is 15.4. The number of amides is 2. The number of hydrogen-bond donors (Lipinski definition) is 0. The molecule has 0 saturated carbocycles. The van der Waals surface area contributed by atoms with Gasteiger partial charge >= 0.3 is 6.03 Å². The van der Waals surface area contributed by atoms with Crippen LogP contribution in [0.15, 0.2) is 30.6 Å². The second-order valence-corrected chi connectivity index (χ2v) is 7.40. The van der Waals surface area contributed by atoms with Gasteiger partial charge in [0, 0.05) is 49.7 Å². The monoisotopic (exact) mass is 387 g/mol. The Morgan fingerprint density at radius 1 is 1.19 bits per heavy atom. The first kappa shape index (κ1) is 17.9. The molecule has 27 heavy (non-hydrogen) atoms. The van der Waals surface area contributed by atoms with Gasteiger partial charge in [0.2, 0.25) is 5.95 Å². The maximum atomic E-state index is 13.2. The van der Waals surface area contributed by atoms with E-state index < -0.39 is 0 Å². The lowest BCUT2D eigenvalue weighted by molar-refractivity contribution is 0.190. The maximum absolute atomic E-state index is 13.2. The van der Waals surface area contributed by atoms with E-state index >= 15 is 0 Å². The Kier molecular flexibility index (Phi) is 4.78. The standard InChI is InChI=1S/C19H22ClN5O2/c1-13-10-21-18(22-11-13)23-5-7-24(8-6-23)19(26)25-14(2)12-27-17-9-15(20)3-4-16(17)25/h3-4,9-11,14H,5-8,12H2,1-2H3. The number of rotatable bonds is 1. The molecular weight excluding hydrogens is 366 g/mol. The molecule has 8 heteroatoms. The van der Waals surface area contributed by atoms with Crippen molar-refractivity contribution in [3.05, 3.63) is 41.2 Å². The van der Waals surface area contributed by atoms with Gasteiger partial charge in [-0.1, -0.05) is 11.6 Å². The molecule has 0 bridgehead atoms. The number of aryl methyl sites for hydroxylation is 1. The van der Waals surface area contributed by atoms with Crippen LogP contribution >= 0.6 is 11.6 Å². The average molecular weight is 388 g/mol. The minimum atomic E-state index is -0.0374. The third-order valence-electron chi connectivity index (χ3n) is 4.91. The summed E-state index contributed by atoms with van der Waals surface area (Å²) in [7, 11) is 0. The molecule has 1 atom stereocenters. The Bertz CT molecular complexity index is 836. The molecule has 1 fully saturated rings. The summed E-state index contributed by atoms with van der Waals surface area (Å²) in [5, 5.41) is 0.599. The fourth-order valence-electron chi connectivity index (χ4n) is 3.42. The van der Waals surface area contributed by atoms with Gasteiger partial charge in [-0.25, -0.2) is 14.8 Å². The second kappa shape index (κ2) is 7.23. The van der Waals surface area contributed by atoms with Gasteiger partial charge in [0.1, 0.15) is 12.4 Å².